The highest BCUT2D eigenvalue weighted by molar-refractivity contribution is 7.88. The number of amides is 1. The van der Waals surface area contributed by atoms with E-state index in [0.29, 0.717) is 12.8 Å². The fourth-order valence-electron chi connectivity index (χ4n) is 2.57. The van der Waals surface area contributed by atoms with Crippen molar-refractivity contribution in [2.75, 3.05) is 25.2 Å². The van der Waals surface area contributed by atoms with Crippen LogP contribution < -0.4 is 14.8 Å². The van der Waals surface area contributed by atoms with E-state index >= 15 is 0 Å². The lowest BCUT2D eigenvalue weighted by Gasteiger charge is -2.21. The number of carbonyl (C=O) groups excluding carboxylic acids is 1. The van der Waals surface area contributed by atoms with Crippen LogP contribution in [-0.2, 0) is 14.8 Å². The van der Waals surface area contributed by atoms with E-state index in [1.807, 2.05) is 0 Å². The van der Waals surface area contributed by atoms with Crippen LogP contribution in [-0.4, -0.2) is 51.2 Å². The van der Waals surface area contributed by atoms with Crippen molar-refractivity contribution in [1.82, 2.24) is 4.31 Å². The summed E-state index contributed by atoms with van der Waals surface area (Å²) in [4.78, 5) is 12.3. The number of carbonyl (C=O) groups is 1. The van der Waals surface area contributed by atoms with Gasteiger partial charge in [-0.2, -0.15) is 13.1 Å². The van der Waals surface area contributed by atoms with Crippen molar-refractivity contribution in [2.24, 2.45) is 0 Å². The molecular weight excluding hydrogens is 346 g/mol. The minimum Gasteiger partial charge on any atom is -0.493 e. The highest BCUT2D eigenvalue weighted by atomic mass is 32.2. The van der Waals surface area contributed by atoms with Gasteiger partial charge < -0.3 is 14.8 Å². The molecular formula is C14H18F2N2O5S. The molecule has 1 aliphatic heterocycles. The van der Waals surface area contributed by atoms with Gasteiger partial charge in [-0.05, 0) is 25.0 Å². The molecule has 1 N–H and O–H groups in total. The number of nitrogens with one attached hydrogen (secondary N) is 1. The lowest BCUT2D eigenvalue weighted by molar-refractivity contribution is -0.119. The summed E-state index contributed by atoms with van der Waals surface area (Å²) in [5.74, 6) is -0.658. The molecule has 7 nitrogen and oxygen atoms in total. The molecule has 2 rings (SSSR count). The van der Waals surface area contributed by atoms with Crippen LogP contribution in [0.25, 0.3) is 0 Å². The van der Waals surface area contributed by atoms with E-state index in [2.05, 4.69) is 10.1 Å². The van der Waals surface area contributed by atoms with E-state index in [9.17, 15) is 22.0 Å². The van der Waals surface area contributed by atoms with Gasteiger partial charge in [0.2, 0.25) is 15.9 Å². The van der Waals surface area contributed by atoms with Crippen molar-refractivity contribution in [3.05, 3.63) is 18.2 Å². The molecule has 1 atom stereocenters. The number of rotatable bonds is 6. The molecule has 0 aromatic heterocycles. The van der Waals surface area contributed by atoms with Crippen molar-refractivity contribution in [3.63, 3.8) is 0 Å². The quantitative estimate of drug-likeness (QED) is 0.830. The van der Waals surface area contributed by atoms with E-state index in [-0.39, 0.29) is 23.7 Å². The third-order valence-corrected chi connectivity index (χ3v) is 4.87. The minimum absolute atomic E-state index is 0.0897. The highest BCUT2D eigenvalue weighted by Crippen LogP contribution is 2.32. The Bertz CT molecular complexity index is 711. The van der Waals surface area contributed by atoms with Crippen molar-refractivity contribution in [2.45, 2.75) is 25.5 Å². The fourth-order valence-corrected chi connectivity index (χ4v) is 3.69. The van der Waals surface area contributed by atoms with Crippen LogP contribution in [0.4, 0.5) is 14.5 Å². The topological polar surface area (TPSA) is 84.9 Å². The SMILES string of the molecule is COc1ccc(NC(=O)C2CCCN2S(C)(=O)=O)cc1OC(F)F. The normalized spacial score (nSPS) is 18.6. The van der Waals surface area contributed by atoms with Gasteiger partial charge in [0.05, 0.1) is 13.4 Å². The first kappa shape index (κ1) is 18.4. The second-order valence-electron chi connectivity index (χ2n) is 5.27. The summed E-state index contributed by atoms with van der Waals surface area (Å²) in [7, 11) is -2.20. The standard InChI is InChI=1S/C14H18F2N2O5S/c1-22-11-6-5-9(8-12(11)23-14(15)16)17-13(19)10-4-3-7-18(10)24(2,20)21/h5-6,8,10,14H,3-4,7H2,1-2H3,(H,17,19). The number of sulfonamides is 1. The highest BCUT2D eigenvalue weighted by Gasteiger charge is 2.36. The van der Waals surface area contributed by atoms with Gasteiger partial charge >= 0.3 is 6.61 Å². The molecule has 1 heterocycles. The van der Waals surface area contributed by atoms with Gasteiger partial charge in [-0.3, -0.25) is 4.79 Å². The van der Waals surface area contributed by atoms with Gasteiger partial charge in [-0.25, -0.2) is 8.42 Å². The largest absolute Gasteiger partial charge is 0.493 e. The first-order chi connectivity index (χ1) is 11.2. The Morgan fingerprint density at radius 1 is 1.38 bits per heavy atom. The average molecular weight is 364 g/mol. The number of anilines is 1. The third kappa shape index (κ3) is 4.32. The number of benzene rings is 1. The summed E-state index contributed by atoms with van der Waals surface area (Å²) in [6, 6.07) is 3.20. The van der Waals surface area contributed by atoms with Gasteiger partial charge in [0.15, 0.2) is 11.5 Å². The summed E-state index contributed by atoms with van der Waals surface area (Å²) in [6.07, 6.45) is 2.02. The lowest BCUT2D eigenvalue weighted by atomic mass is 10.2. The van der Waals surface area contributed by atoms with Crippen LogP contribution in [0.1, 0.15) is 12.8 Å². The minimum atomic E-state index is -3.50. The Balaban J connectivity index is 2.17. The van der Waals surface area contributed by atoms with Gasteiger partial charge in [0.1, 0.15) is 6.04 Å². The van der Waals surface area contributed by atoms with Crippen LogP contribution in [0.5, 0.6) is 11.5 Å². The zero-order valence-corrected chi connectivity index (χ0v) is 14.0. The predicted octanol–water partition coefficient (Wildman–Crippen LogP) is 1.66. The number of alkyl halides is 2. The molecule has 1 amide bonds. The fraction of sp³-hybridized carbons (Fsp3) is 0.500. The third-order valence-electron chi connectivity index (χ3n) is 3.58. The molecule has 1 unspecified atom stereocenters. The van der Waals surface area contributed by atoms with Gasteiger partial charge in [0.25, 0.3) is 0 Å². The molecule has 0 aliphatic carbocycles. The van der Waals surface area contributed by atoms with E-state index in [4.69, 9.17) is 4.74 Å². The second-order valence-corrected chi connectivity index (χ2v) is 7.20. The maximum absolute atomic E-state index is 12.4. The predicted molar refractivity (Wildman–Crippen MR) is 82.8 cm³/mol. The van der Waals surface area contributed by atoms with Crippen LogP contribution in [0, 0.1) is 0 Å². The Kier molecular flexibility index (Phi) is 5.60. The van der Waals surface area contributed by atoms with Gasteiger partial charge in [-0.15, -0.1) is 0 Å². The molecule has 1 saturated heterocycles. The van der Waals surface area contributed by atoms with Crippen molar-refractivity contribution in [3.8, 4) is 11.5 Å². The first-order valence-electron chi connectivity index (χ1n) is 7.13. The molecule has 24 heavy (non-hydrogen) atoms. The second kappa shape index (κ2) is 7.31. The summed E-state index contributed by atoms with van der Waals surface area (Å²) < 4.78 is 58.6. The van der Waals surface area contributed by atoms with Crippen LogP contribution in [0.2, 0.25) is 0 Å². The smallest absolute Gasteiger partial charge is 0.387 e. The number of methoxy groups -OCH3 is 1. The number of ether oxygens (including phenoxy) is 2. The summed E-state index contributed by atoms with van der Waals surface area (Å²) in [5.41, 5.74) is 0.205. The van der Waals surface area contributed by atoms with E-state index in [1.54, 1.807) is 0 Å². The molecule has 0 saturated carbocycles. The number of nitrogens with zero attached hydrogens (tertiary/aromatic N) is 1. The molecule has 0 bridgehead atoms. The van der Waals surface area contributed by atoms with Gasteiger partial charge in [0, 0.05) is 18.3 Å². The molecule has 1 aromatic rings. The zero-order chi connectivity index (χ0) is 17.9. The number of halogens is 2. The van der Waals surface area contributed by atoms with E-state index in [1.165, 1.54) is 25.3 Å². The summed E-state index contributed by atoms with van der Waals surface area (Å²) in [5, 5.41) is 2.53. The van der Waals surface area contributed by atoms with Crippen molar-refractivity contribution in [1.29, 1.82) is 0 Å². The number of hydrogen-bond donors (Lipinski definition) is 1. The molecule has 1 aromatic carbocycles. The Labute approximate surface area is 138 Å². The van der Waals surface area contributed by atoms with Crippen LogP contribution in [0.15, 0.2) is 18.2 Å². The monoisotopic (exact) mass is 364 g/mol. The Morgan fingerprint density at radius 2 is 2.08 bits per heavy atom. The van der Waals surface area contributed by atoms with Crippen molar-refractivity contribution < 1.29 is 31.5 Å². The lowest BCUT2D eigenvalue weighted by Crippen LogP contribution is -2.42. The molecule has 10 heteroatoms. The van der Waals surface area contributed by atoms with Crippen molar-refractivity contribution >= 4 is 21.6 Å². The first-order valence-corrected chi connectivity index (χ1v) is 8.97. The molecule has 134 valence electrons. The van der Waals surface area contributed by atoms with E-state index in [0.717, 1.165) is 10.6 Å². The molecule has 1 aliphatic rings. The van der Waals surface area contributed by atoms with Crippen LogP contribution >= 0.6 is 0 Å². The van der Waals surface area contributed by atoms with E-state index < -0.39 is 28.6 Å². The number of hydrogen-bond acceptors (Lipinski definition) is 5. The molecule has 0 radical (unpaired) electrons. The molecule has 1 fully saturated rings. The van der Waals surface area contributed by atoms with Crippen LogP contribution in [0.3, 0.4) is 0 Å². The maximum Gasteiger partial charge on any atom is 0.387 e. The summed E-state index contributed by atoms with van der Waals surface area (Å²) in [6.45, 7) is -2.76. The zero-order valence-electron chi connectivity index (χ0n) is 13.2. The Morgan fingerprint density at radius 3 is 2.67 bits per heavy atom. The van der Waals surface area contributed by atoms with Gasteiger partial charge in [-0.1, -0.05) is 0 Å². The summed E-state index contributed by atoms with van der Waals surface area (Å²) >= 11 is 0. The average Bonchev–Trinajstić information content (AvgIpc) is 2.96. The molecule has 0 spiro atoms. The Hall–Kier alpha value is -1.94. The maximum atomic E-state index is 12.4.